The normalized spacial score (nSPS) is 18.8. The van der Waals surface area contributed by atoms with Crippen LogP contribution in [-0.4, -0.2) is 36.1 Å². The van der Waals surface area contributed by atoms with E-state index in [4.69, 9.17) is 0 Å². The maximum absolute atomic E-state index is 13.2. The van der Waals surface area contributed by atoms with E-state index >= 15 is 0 Å². The predicted octanol–water partition coefficient (Wildman–Crippen LogP) is 5.53. The Balaban J connectivity index is 1.52. The summed E-state index contributed by atoms with van der Waals surface area (Å²) >= 11 is 0. The number of aromatic nitrogens is 5. The highest BCUT2D eigenvalue weighted by atomic mass is 16.1. The predicted molar refractivity (Wildman–Crippen MR) is 135 cm³/mol. The molecule has 2 aromatic heterocycles. The van der Waals surface area contributed by atoms with Gasteiger partial charge in [0.2, 0.25) is 0 Å². The van der Waals surface area contributed by atoms with Gasteiger partial charge in [-0.1, -0.05) is 45.1 Å². The Labute approximate surface area is 201 Å². The lowest BCUT2D eigenvalue weighted by Gasteiger charge is -2.36. The van der Waals surface area contributed by atoms with Crippen molar-refractivity contribution in [2.75, 3.05) is 0 Å². The van der Waals surface area contributed by atoms with Crippen molar-refractivity contribution in [3.8, 4) is 0 Å². The van der Waals surface area contributed by atoms with Crippen LogP contribution in [0.15, 0.2) is 23.0 Å². The summed E-state index contributed by atoms with van der Waals surface area (Å²) in [5, 5.41) is 14.3. The summed E-state index contributed by atoms with van der Waals surface area (Å²) in [4.78, 5) is 18.9. The van der Waals surface area contributed by atoms with E-state index in [9.17, 15) is 4.79 Å². The zero-order chi connectivity index (χ0) is 23.7. The van der Waals surface area contributed by atoms with Gasteiger partial charge >= 0.3 is 0 Å². The molecule has 2 fully saturated rings. The van der Waals surface area contributed by atoms with Crippen molar-refractivity contribution in [1.82, 2.24) is 30.1 Å². The van der Waals surface area contributed by atoms with Crippen LogP contribution in [0.3, 0.4) is 0 Å². The van der Waals surface area contributed by atoms with Crippen molar-refractivity contribution in [3.63, 3.8) is 0 Å². The Morgan fingerprint density at radius 3 is 2.53 bits per heavy atom. The van der Waals surface area contributed by atoms with Crippen LogP contribution in [0.2, 0.25) is 0 Å². The second-order valence-corrected chi connectivity index (χ2v) is 10.5. The van der Waals surface area contributed by atoms with Gasteiger partial charge in [0.1, 0.15) is 0 Å². The fraction of sp³-hybridized carbons (Fsp3) is 0.630. The maximum Gasteiger partial charge on any atom is 0.252 e. The summed E-state index contributed by atoms with van der Waals surface area (Å²) in [5.74, 6) is 0.977. The van der Waals surface area contributed by atoms with E-state index in [1.165, 1.54) is 56.1 Å². The number of pyridine rings is 1. The Bertz CT molecular complexity index is 1190. The van der Waals surface area contributed by atoms with E-state index in [0.29, 0.717) is 18.6 Å². The highest BCUT2D eigenvalue weighted by Crippen LogP contribution is 2.36. The molecule has 1 atom stereocenters. The number of nitrogens with one attached hydrogen (secondary N) is 1. The fourth-order valence-corrected chi connectivity index (χ4v) is 6.33. The van der Waals surface area contributed by atoms with Gasteiger partial charge in [-0.2, -0.15) is 0 Å². The molecule has 182 valence electrons. The van der Waals surface area contributed by atoms with Crippen LogP contribution in [0, 0.1) is 13.8 Å². The zero-order valence-corrected chi connectivity index (χ0v) is 20.9. The van der Waals surface area contributed by atoms with Gasteiger partial charge < -0.3 is 4.98 Å². The molecule has 0 bridgehead atoms. The van der Waals surface area contributed by atoms with Crippen LogP contribution in [-0.2, 0) is 6.54 Å². The largest absolute Gasteiger partial charge is 0.322 e. The minimum atomic E-state index is 0.0159. The molecule has 0 aliphatic heterocycles. The van der Waals surface area contributed by atoms with Crippen LogP contribution in [0.5, 0.6) is 0 Å². The molecule has 7 heteroatoms. The monoisotopic (exact) mass is 462 g/mol. The summed E-state index contributed by atoms with van der Waals surface area (Å²) in [6, 6.07) is 7.32. The second kappa shape index (κ2) is 9.98. The molecule has 0 amide bonds. The molecule has 0 saturated heterocycles. The SMILES string of the molecule is CC[C@@H](c1nnnn1C1CCCCC1)N(Cc1cc2c(C)cc(C)cc2[nH]c1=O)C1CCCC1. The number of hydrogen-bond donors (Lipinski definition) is 1. The van der Waals surface area contributed by atoms with E-state index in [2.05, 4.69) is 69.1 Å². The second-order valence-electron chi connectivity index (χ2n) is 10.5. The van der Waals surface area contributed by atoms with Gasteiger partial charge in [-0.25, -0.2) is 4.68 Å². The molecular weight excluding hydrogens is 424 g/mol. The molecule has 5 rings (SSSR count). The van der Waals surface area contributed by atoms with E-state index in [1.807, 2.05) is 0 Å². The van der Waals surface area contributed by atoms with Crippen molar-refractivity contribution in [3.05, 3.63) is 51.1 Å². The van der Waals surface area contributed by atoms with Crippen molar-refractivity contribution in [2.24, 2.45) is 0 Å². The molecule has 0 spiro atoms. The van der Waals surface area contributed by atoms with Gasteiger partial charge in [-0.15, -0.1) is 5.10 Å². The molecule has 7 nitrogen and oxygen atoms in total. The first-order valence-corrected chi connectivity index (χ1v) is 13.2. The third-order valence-electron chi connectivity index (χ3n) is 8.06. The topological polar surface area (TPSA) is 79.7 Å². The van der Waals surface area contributed by atoms with Gasteiger partial charge in [0.05, 0.1) is 12.1 Å². The zero-order valence-electron chi connectivity index (χ0n) is 20.9. The first kappa shape index (κ1) is 23.2. The number of fused-ring (bicyclic) bond motifs is 1. The van der Waals surface area contributed by atoms with E-state index in [-0.39, 0.29) is 11.6 Å². The minimum Gasteiger partial charge on any atom is -0.322 e. The smallest absolute Gasteiger partial charge is 0.252 e. The molecule has 2 aliphatic rings. The van der Waals surface area contributed by atoms with E-state index < -0.39 is 0 Å². The molecule has 1 aromatic carbocycles. The summed E-state index contributed by atoms with van der Waals surface area (Å²) < 4.78 is 2.12. The Hall–Kier alpha value is -2.54. The lowest BCUT2D eigenvalue weighted by Crippen LogP contribution is -2.39. The number of aryl methyl sites for hydroxylation is 2. The summed E-state index contributed by atoms with van der Waals surface area (Å²) in [6.07, 6.45) is 11.9. The summed E-state index contributed by atoms with van der Waals surface area (Å²) in [6.45, 7) is 7.05. The Morgan fingerprint density at radius 1 is 1.06 bits per heavy atom. The molecule has 2 aliphatic carbocycles. The van der Waals surface area contributed by atoms with Crippen molar-refractivity contribution >= 4 is 10.9 Å². The van der Waals surface area contributed by atoms with Crippen molar-refractivity contribution in [2.45, 2.75) is 110 Å². The maximum atomic E-state index is 13.2. The van der Waals surface area contributed by atoms with Gasteiger partial charge in [-0.05, 0) is 79.6 Å². The lowest BCUT2D eigenvalue weighted by molar-refractivity contribution is 0.109. The average Bonchev–Trinajstić information content (AvgIpc) is 3.53. The van der Waals surface area contributed by atoms with Crippen molar-refractivity contribution in [1.29, 1.82) is 0 Å². The van der Waals surface area contributed by atoms with Gasteiger partial charge in [0, 0.05) is 29.1 Å². The number of aromatic amines is 1. The Kier molecular flexibility index (Phi) is 6.82. The average molecular weight is 463 g/mol. The number of rotatable bonds is 7. The molecule has 2 heterocycles. The number of hydrogen-bond acceptors (Lipinski definition) is 5. The third kappa shape index (κ3) is 4.54. The first-order valence-electron chi connectivity index (χ1n) is 13.2. The van der Waals surface area contributed by atoms with Crippen LogP contribution in [0.25, 0.3) is 10.9 Å². The molecule has 2 saturated carbocycles. The number of nitrogens with zero attached hydrogens (tertiary/aromatic N) is 5. The van der Waals surface area contributed by atoms with Crippen LogP contribution >= 0.6 is 0 Å². The molecule has 34 heavy (non-hydrogen) atoms. The van der Waals surface area contributed by atoms with E-state index in [1.54, 1.807) is 0 Å². The number of tetrazole rings is 1. The fourth-order valence-electron chi connectivity index (χ4n) is 6.33. The molecular formula is C27H38N6O. The molecule has 3 aromatic rings. The minimum absolute atomic E-state index is 0.0159. The highest BCUT2D eigenvalue weighted by Gasteiger charge is 2.34. The van der Waals surface area contributed by atoms with Gasteiger partial charge in [0.15, 0.2) is 5.82 Å². The van der Waals surface area contributed by atoms with Crippen molar-refractivity contribution < 1.29 is 0 Å². The number of benzene rings is 1. The molecule has 1 N–H and O–H groups in total. The van der Waals surface area contributed by atoms with Gasteiger partial charge in [0.25, 0.3) is 5.56 Å². The molecule has 0 unspecified atom stereocenters. The van der Waals surface area contributed by atoms with E-state index in [0.717, 1.165) is 41.6 Å². The standard InChI is InChI=1S/C27H38N6O/c1-4-25(26-29-30-31-33(26)22-12-6-5-7-13-22)32(21-10-8-9-11-21)17-20-16-23-19(3)14-18(2)15-24(23)28-27(20)34/h14-16,21-22,25H,4-13,17H2,1-3H3,(H,28,34)/t25-/m0/s1. The van der Waals surface area contributed by atoms with Gasteiger partial charge in [-0.3, -0.25) is 9.69 Å². The number of H-pyrrole nitrogens is 1. The summed E-state index contributed by atoms with van der Waals surface area (Å²) in [7, 11) is 0. The summed E-state index contributed by atoms with van der Waals surface area (Å²) in [5.41, 5.74) is 4.14. The lowest BCUT2D eigenvalue weighted by atomic mass is 9.95. The highest BCUT2D eigenvalue weighted by molar-refractivity contribution is 5.83. The first-order chi connectivity index (χ1) is 16.5. The Morgan fingerprint density at radius 2 is 1.79 bits per heavy atom. The van der Waals surface area contributed by atoms with Crippen LogP contribution in [0.4, 0.5) is 0 Å². The molecule has 0 radical (unpaired) electrons. The quantitative estimate of drug-likeness (QED) is 0.499. The third-order valence-corrected chi connectivity index (χ3v) is 8.06. The van der Waals surface area contributed by atoms with Crippen LogP contribution in [0.1, 0.15) is 106 Å². The van der Waals surface area contributed by atoms with Crippen LogP contribution < -0.4 is 5.56 Å².